The molecular formula is C11H13NO. The lowest BCUT2D eigenvalue weighted by Gasteiger charge is -1.97. The molecule has 2 nitrogen and oxygen atoms in total. The van der Waals surface area contributed by atoms with E-state index in [0.717, 1.165) is 11.3 Å². The summed E-state index contributed by atoms with van der Waals surface area (Å²) in [5.41, 5.74) is 6.45. The minimum atomic E-state index is -0.0814. The van der Waals surface area contributed by atoms with Gasteiger partial charge in [0.15, 0.2) is 0 Å². The van der Waals surface area contributed by atoms with Gasteiger partial charge in [0.2, 0.25) is 0 Å². The van der Waals surface area contributed by atoms with Crippen molar-refractivity contribution in [3.05, 3.63) is 29.8 Å². The maximum atomic E-state index is 5.50. The summed E-state index contributed by atoms with van der Waals surface area (Å²) in [6, 6.07) is 7.50. The monoisotopic (exact) mass is 175 g/mol. The Morgan fingerprint density at radius 3 is 2.38 bits per heavy atom. The predicted molar refractivity (Wildman–Crippen MR) is 53.5 cm³/mol. The zero-order valence-electron chi connectivity index (χ0n) is 7.87. The molecule has 0 spiro atoms. The fraction of sp³-hybridized carbons (Fsp3) is 0.273. The second kappa shape index (κ2) is 4.54. The summed E-state index contributed by atoms with van der Waals surface area (Å²) in [6.07, 6.45) is 0. The van der Waals surface area contributed by atoms with Crippen molar-refractivity contribution >= 4 is 0 Å². The molecule has 1 atom stereocenters. The van der Waals surface area contributed by atoms with Crippen LogP contribution in [0.2, 0.25) is 0 Å². The Labute approximate surface area is 78.7 Å². The fourth-order valence-electron chi connectivity index (χ4n) is 0.872. The van der Waals surface area contributed by atoms with Crippen molar-refractivity contribution in [2.75, 3.05) is 7.11 Å². The Kier molecular flexibility index (Phi) is 3.36. The highest BCUT2D eigenvalue weighted by atomic mass is 16.5. The van der Waals surface area contributed by atoms with E-state index in [1.807, 2.05) is 31.2 Å². The first-order valence-corrected chi connectivity index (χ1v) is 4.13. The highest BCUT2D eigenvalue weighted by Crippen LogP contribution is 2.09. The number of benzene rings is 1. The van der Waals surface area contributed by atoms with Gasteiger partial charge in [0, 0.05) is 5.56 Å². The minimum absolute atomic E-state index is 0.0814. The van der Waals surface area contributed by atoms with Gasteiger partial charge in [-0.3, -0.25) is 0 Å². The van der Waals surface area contributed by atoms with E-state index in [1.165, 1.54) is 0 Å². The quantitative estimate of drug-likeness (QED) is 0.655. The summed E-state index contributed by atoms with van der Waals surface area (Å²) in [6.45, 7) is 1.86. The van der Waals surface area contributed by atoms with Gasteiger partial charge in [0.25, 0.3) is 0 Å². The van der Waals surface area contributed by atoms with Crippen molar-refractivity contribution < 1.29 is 4.74 Å². The van der Waals surface area contributed by atoms with Gasteiger partial charge < -0.3 is 10.5 Å². The fourth-order valence-corrected chi connectivity index (χ4v) is 0.872. The van der Waals surface area contributed by atoms with E-state index in [1.54, 1.807) is 7.11 Å². The van der Waals surface area contributed by atoms with Crippen LogP contribution in [0.25, 0.3) is 0 Å². The molecule has 0 fully saturated rings. The second-order valence-electron chi connectivity index (χ2n) is 2.79. The number of rotatable bonds is 1. The van der Waals surface area contributed by atoms with Crippen LogP contribution in [0.5, 0.6) is 5.75 Å². The molecule has 0 heterocycles. The first-order chi connectivity index (χ1) is 6.22. The van der Waals surface area contributed by atoms with Gasteiger partial charge in [-0.2, -0.15) is 0 Å². The van der Waals surface area contributed by atoms with Crippen LogP contribution in [0.1, 0.15) is 12.5 Å². The van der Waals surface area contributed by atoms with Gasteiger partial charge >= 0.3 is 0 Å². The van der Waals surface area contributed by atoms with Gasteiger partial charge in [-0.05, 0) is 31.2 Å². The molecule has 68 valence electrons. The standard InChI is InChI=1S/C11H13NO/c1-9(12)3-4-10-5-7-11(13-2)8-6-10/h5-9H,12H2,1-2H3/t9-/m1/s1. The smallest absolute Gasteiger partial charge is 0.118 e. The molecule has 0 unspecified atom stereocenters. The van der Waals surface area contributed by atoms with E-state index in [9.17, 15) is 0 Å². The second-order valence-corrected chi connectivity index (χ2v) is 2.79. The van der Waals surface area contributed by atoms with Gasteiger partial charge in [-0.15, -0.1) is 0 Å². The van der Waals surface area contributed by atoms with E-state index in [2.05, 4.69) is 11.8 Å². The summed E-state index contributed by atoms with van der Waals surface area (Å²) in [4.78, 5) is 0. The molecule has 0 aliphatic carbocycles. The molecule has 0 saturated carbocycles. The highest BCUT2D eigenvalue weighted by Gasteiger charge is 1.89. The number of hydrogen-bond donors (Lipinski definition) is 1. The topological polar surface area (TPSA) is 35.2 Å². The molecule has 0 aromatic heterocycles. The summed E-state index contributed by atoms with van der Waals surface area (Å²) in [7, 11) is 1.64. The lowest BCUT2D eigenvalue weighted by Crippen LogP contribution is -2.10. The molecule has 0 amide bonds. The molecule has 1 aromatic carbocycles. The largest absolute Gasteiger partial charge is 0.497 e. The third-order valence-corrected chi connectivity index (χ3v) is 1.53. The van der Waals surface area contributed by atoms with Crippen molar-refractivity contribution in [1.29, 1.82) is 0 Å². The van der Waals surface area contributed by atoms with Crippen molar-refractivity contribution in [3.63, 3.8) is 0 Å². The molecule has 2 heteroatoms. The molecule has 0 aliphatic heterocycles. The third kappa shape index (κ3) is 3.18. The van der Waals surface area contributed by atoms with E-state index < -0.39 is 0 Å². The predicted octanol–water partition coefficient (Wildman–Crippen LogP) is 1.39. The van der Waals surface area contributed by atoms with E-state index >= 15 is 0 Å². The van der Waals surface area contributed by atoms with Crippen LogP contribution >= 0.6 is 0 Å². The van der Waals surface area contributed by atoms with Crippen LogP contribution in [0.3, 0.4) is 0 Å². The van der Waals surface area contributed by atoms with Crippen molar-refractivity contribution in [2.45, 2.75) is 13.0 Å². The normalized spacial score (nSPS) is 11.3. The molecule has 13 heavy (non-hydrogen) atoms. The molecule has 0 saturated heterocycles. The van der Waals surface area contributed by atoms with Crippen LogP contribution in [0.4, 0.5) is 0 Å². The van der Waals surface area contributed by atoms with Gasteiger partial charge in [0.05, 0.1) is 13.2 Å². The Morgan fingerprint density at radius 1 is 1.31 bits per heavy atom. The number of hydrogen-bond acceptors (Lipinski definition) is 2. The van der Waals surface area contributed by atoms with Crippen molar-refractivity contribution in [1.82, 2.24) is 0 Å². The van der Waals surface area contributed by atoms with Crippen LogP contribution in [0.15, 0.2) is 24.3 Å². The van der Waals surface area contributed by atoms with Gasteiger partial charge in [0.1, 0.15) is 5.75 Å². The number of ether oxygens (including phenoxy) is 1. The molecule has 2 N–H and O–H groups in total. The molecule has 0 bridgehead atoms. The van der Waals surface area contributed by atoms with Crippen LogP contribution < -0.4 is 10.5 Å². The van der Waals surface area contributed by atoms with Crippen molar-refractivity contribution in [2.24, 2.45) is 5.73 Å². The Bertz CT molecular complexity index is 316. The SMILES string of the molecule is COc1ccc(C#C[C@@H](C)N)cc1. The lowest BCUT2D eigenvalue weighted by molar-refractivity contribution is 0.415. The lowest BCUT2D eigenvalue weighted by atomic mass is 10.2. The maximum Gasteiger partial charge on any atom is 0.118 e. The molecule has 1 rings (SSSR count). The Hall–Kier alpha value is -1.46. The summed E-state index contributed by atoms with van der Waals surface area (Å²) in [5, 5.41) is 0. The minimum Gasteiger partial charge on any atom is -0.497 e. The van der Waals surface area contributed by atoms with E-state index in [-0.39, 0.29) is 6.04 Å². The Morgan fingerprint density at radius 2 is 1.92 bits per heavy atom. The zero-order chi connectivity index (χ0) is 9.68. The first kappa shape index (κ1) is 9.63. The number of nitrogens with two attached hydrogens (primary N) is 1. The number of methoxy groups -OCH3 is 1. The van der Waals surface area contributed by atoms with Crippen LogP contribution in [-0.4, -0.2) is 13.2 Å². The third-order valence-electron chi connectivity index (χ3n) is 1.53. The average Bonchev–Trinajstić information content (AvgIpc) is 2.15. The average molecular weight is 175 g/mol. The van der Waals surface area contributed by atoms with E-state index in [0.29, 0.717) is 0 Å². The van der Waals surface area contributed by atoms with Gasteiger partial charge in [-0.1, -0.05) is 11.8 Å². The maximum absolute atomic E-state index is 5.50. The van der Waals surface area contributed by atoms with E-state index in [4.69, 9.17) is 10.5 Å². The first-order valence-electron chi connectivity index (χ1n) is 4.13. The summed E-state index contributed by atoms with van der Waals surface area (Å²) >= 11 is 0. The zero-order valence-corrected chi connectivity index (χ0v) is 7.87. The summed E-state index contributed by atoms with van der Waals surface area (Å²) in [5.74, 6) is 6.69. The molecule has 0 aliphatic rings. The van der Waals surface area contributed by atoms with Crippen LogP contribution in [0, 0.1) is 11.8 Å². The highest BCUT2D eigenvalue weighted by molar-refractivity contribution is 5.38. The molecular weight excluding hydrogens is 162 g/mol. The van der Waals surface area contributed by atoms with Crippen molar-refractivity contribution in [3.8, 4) is 17.6 Å². The van der Waals surface area contributed by atoms with Crippen LogP contribution in [-0.2, 0) is 0 Å². The summed E-state index contributed by atoms with van der Waals surface area (Å²) < 4.78 is 5.02. The molecule has 0 radical (unpaired) electrons. The Balaban J connectivity index is 2.77. The van der Waals surface area contributed by atoms with Gasteiger partial charge in [-0.25, -0.2) is 0 Å². The molecule has 1 aromatic rings.